The first-order valence-electron chi connectivity index (χ1n) is 8.57. The number of para-hydroxylation sites is 3. The molecule has 3 rings (SSSR count). The van der Waals surface area contributed by atoms with E-state index in [4.69, 9.17) is 4.74 Å². The van der Waals surface area contributed by atoms with Gasteiger partial charge < -0.3 is 20.1 Å². The second-order valence-corrected chi connectivity index (χ2v) is 6.40. The molecule has 2 aromatic carbocycles. The highest BCUT2D eigenvalue weighted by Gasteiger charge is 2.24. The van der Waals surface area contributed by atoms with Crippen LogP contribution in [0.5, 0.6) is 11.5 Å². The minimum Gasteiger partial charge on any atom is -0.507 e. The van der Waals surface area contributed by atoms with Crippen molar-refractivity contribution >= 4 is 11.6 Å². The first-order chi connectivity index (χ1) is 12.1. The number of hydrogen-bond donors (Lipinski definition) is 2. The zero-order valence-corrected chi connectivity index (χ0v) is 14.7. The molecule has 0 radical (unpaired) electrons. The third kappa shape index (κ3) is 3.71. The van der Waals surface area contributed by atoms with Crippen LogP contribution >= 0.6 is 0 Å². The molecule has 1 atom stereocenters. The fourth-order valence-corrected chi connectivity index (χ4v) is 3.31. The van der Waals surface area contributed by atoms with Gasteiger partial charge in [-0.25, -0.2) is 0 Å². The lowest BCUT2D eigenvalue weighted by Gasteiger charge is -2.35. The number of rotatable bonds is 4. The maximum absolute atomic E-state index is 12.5. The van der Waals surface area contributed by atoms with E-state index in [0.717, 1.165) is 37.4 Å². The van der Waals surface area contributed by atoms with Gasteiger partial charge in [0.05, 0.1) is 18.4 Å². The van der Waals surface area contributed by atoms with Crippen LogP contribution in [-0.2, 0) is 0 Å². The summed E-state index contributed by atoms with van der Waals surface area (Å²) in [5.41, 5.74) is 2.07. The summed E-state index contributed by atoms with van der Waals surface area (Å²) in [7, 11) is 1.67. The van der Waals surface area contributed by atoms with Crippen molar-refractivity contribution in [3.8, 4) is 11.5 Å². The van der Waals surface area contributed by atoms with Gasteiger partial charge in [0.1, 0.15) is 11.5 Å². The summed E-state index contributed by atoms with van der Waals surface area (Å²) in [6.07, 6.45) is 1.91. The maximum Gasteiger partial charge on any atom is 0.255 e. The number of ether oxygens (including phenoxy) is 1. The van der Waals surface area contributed by atoms with Gasteiger partial charge in [0.15, 0.2) is 0 Å². The van der Waals surface area contributed by atoms with Crippen molar-refractivity contribution < 1.29 is 14.6 Å². The van der Waals surface area contributed by atoms with Crippen LogP contribution in [0.1, 0.15) is 28.8 Å². The number of nitrogens with zero attached hydrogens (tertiary/aromatic N) is 1. The summed E-state index contributed by atoms with van der Waals surface area (Å²) in [6.45, 7) is 3.44. The number of aromatic hydroxyl groups is 1. The van der Waals surface area contributed by atoms with E-state index in [1.54, 1.807) is 32.2 Å². The Morgan fingerprint density at radius 2 is 2.04 bits per heavy atom. The number of anilines is 1. The second-order valence-electron chi connectivity index (χ2n) is 6.40. The molecule has 132 valence electrons. The van der Waals surface area contributed by atoms with Crippen molar-refractivity contribution in [2.45, 2.75) is 25.8 Å². The third-order valence-electron chi connectivity index (χ3n) is 4.66. The Balaban J connectivity index is 1.71. The molecule has 0 saturated carbocycles. The normalized spacial score (nSPS) is 17.2. The number of aryl methyl sites for hydroxylation is 1. The molecule has 1 unspecified atom stereocenters. The van der Waals surface area contributed by atoms with Gasteiger partial charge in [-0.1, -0.05) is 24.3 Å². The minimum absolute atomic E-state index is 0.0334. The van der Waals surface area contributed by atoms with Crippen LogP contribution in [-0.4, -0.2) is 37.3 Å². The van der Waals surface area contributed by atoms with E-state index in [2.05, 4.69) is 10.2 Å². The molecule has 0 aromatic heterocycles. The summed E-state index contributed by atoms with van der Waals surface area (Å²) < 4.78 is 5.45. The summed E-state index contributed by atoms with van der Waals surface area (Å²) in [6, 6.07) is 13.2. The summed E-state index contributed by atoms with van der Waals surface area (Å²) in [5.74, 6) is 0.663. The van der Waals surface area contributed by atoms with Crippen LogP contribution in [0.4, 0.5) is 5.69 Å². The fourth-order valence-electron chi connectivity index (χ4n) is 3.31. The van der Waals surface area contributed by atoms with Gasteiger partial charge >= 0.3 is 0 Å². The Morgan fingerprint density at radius 3 is 2.84 bits per heavy atom. The average molecular weight is 340 g/mol. The predicted molar refractivity (Wildman–Crippen MR) is 98.5 cm³/mol. The molecule has 5 heteroatoms. The highest BCUT2D eigenvalue weighted by Crippen LogP contribution is 2.30. The number of hydrogen-bond acceptors (Lipinski definition) is 4. The molecule has 1 aliphatic rings. The van der Waals surface area contributed by atoms with Crippen molar-refractivity contribution in [2.24, 2.45) is 0 Å². The summed E-state index contributed by atoms with van der Waals surface area (Å²) in [4.78, 5) is 14.8. The Labute approximate surface area is 148 Å². The highest BCUT2D eigenvalue weighted by atomic mass is 16.5. The Hall–Kier alpha value is -2.69. The van der Waals surface area contributed by atoms with Crippen molar-refractivity contribution in [3.05, 3.63) is 53.6 Å². The monoisotopic (exact) mass is 340 g/mol. The first kappa shape index (κ1) is 17.1. The molecule has 0 spiro atoms. The number of piperidine rings is 1. The number of benzene rings is 2. The minimum atomic E-state index is -0.229. The largest absolute Gasteiger partial charge is 0.507 e. The van der Waals surface area contributed by atoms with Crippen molar-refractivity contribution in [1.82, 2.24) is 5.32 Å². The van der Waals surface area contributed by atoms with Gasteiger partial charge in [0, 0.05) is 19.1 Å². The lowest BCUT2D eigenvalue weighted by atomic mass is 10.0. The van der Waals surface area contributed by atoms with E-state index in [9.17, 15) is 9.90 Å². The molecular weight excluding hydrogens is 316 g/mol. The molecule has 2 aromatic rings. The lowest BCUT2D eigenvalue weighted by Crippen LogP contribution is -2.48. The first-order valence-corrected chi connectivity index (χ1v) is 8.57. The molecule has 2 N–H and O–H groups in total. The third-order valence-corrected chi connectivity index (χ3v) is 4.66. The quantitative estimate of drug-likeness (QED) is 0.898. The zero-order chi connectivity index (χ0) is 17.8. The van der Waals surface area contributed by atoms with E-state index in [-0.39, 0.29) is 17.7 Å². The van der Waals surface area contributed by atoms with E-state index in [1.807, 2.05) is 24.3 Å². The van der Waals surface area contributed by atoms with Gasteiger partial charge in [-0.15, -0.1) is 0 Å². The molecule has 1 amide bonds. The number of methoxy groups -OCH3 is 1. The smallest absolute Gasteiger partial charge is 0.255 e. The summed E-state index contributed by atoms with van der Waals surface area (Å²) >= 11 is 0. The second kappa shape index (κ2) is 7.47. The van der Waals surface area contributed by atoms with Gasteiger partial charge in [-0.05, 0) is 43.5 Å². The Morgan fingerprint density at radius 1 is 1.24 bits per heavy atom. The number of carbonyl (C=O) groups is 1. The van der Waals surface area contributed by atoms with E-state index in [1.165, 1.54) is 0 Å². The van der Waals surface area contributed by atoms with E-state index >= 15 is 0 Å². The molecule has 1 saturated heterocycles. The SMILES string of the molecule is COc1ccccc1N1CCCC(NC(=O)c2cccc(C)c2O)C1. The molecule has 0 bridgehead atoms. The summed E-state index contributed by atoms with van der Waals surface area (Å²) in [5, 5.41) is 13.2. The molecule has 1 heterocycles. The van der Waals surface area contributed by atoms with Crippen LogP contribution in [0.25, 0.3) is 0 Å². The lowest BCUT2D eigenvalue weighted by molar-refractivity contribution is 0.0930. The van der Waals surface area contributed by atoms with Gasteiger partial charge in [-0.3, -0.25) is 4.79 Å². The predicted octanol–water partition coefficient (Wildman–Crippen LogP) is 3.11. The topological polar surface area (TPSA) is 61.8 Å². The molecular formula is C20H24N2O3. The Kier molecular flexibility index (Phi) is 5.12. The van der Waals surface area contributed by atoms with Crippen LogP contribution in [0, 0.1) is 6.92 Å². The van der Waals surface area contributed by atoms with Gasteiger partial charge in [-0.2, -0.15) is 0 Å². The standard InChI is InChI=1S/C20H24N2O3/c1-14-7-5-9-16(19(14)23)20(24)21-15-8-6-12-22(13-15)17-10-3-4-11-18(17)25-2/h3-5,7,9-11,15,23H,6,8,12-13H2,1-2H3,(H,21,24). The van der Waals surface area contributed by atoms with Crippen molar-refractivity contribution in [1.29, 1.82) is 0 Å². The van der Waals surface area contributed by atoms with Crippen molar-refractivity contribution in [3.63, 3.8) is 0 Å². The van der Waals surface area contributed by atoms with Crippen LogP contribution in [0.3, 0.4) is 0 Å². The van der Waals surface area contributed by atoms with E-state index in [0.29, 0.717) is 11.1 Å². The number of amides is 1. The molecule has 1 aliphatic heterocycles. The fraction of sp³-hybridized carbons (Fsp3) is 0.350. The van der Waals surface area contributed by atoms with Crippen LogP contribution in [0.15, 0.2) is 42.5 Å². The van der Waals surface area contributed by atoms with Gasteiger partial charge in [0.25, 0.3) is 5.91 Å². The zero-order valence-electron chi connectivity index (χ0n) is 14.7. The van der Waals surface area contributed by atoms with Gasteiger partial charge in [0.2, 0.25) is 0 Å². The van der Waals surface area contributed by atoms with E-state index < -0.39 is 0 Å². The molecule has 25 heavy (non-hydrogen) atoms. The van der Waals surface area contributed by atoms with Crippen LogP contribution in [0.2, 0.25) is 0 Å². The molecule has 1 fully saturated rings. The number of nitrogens with one attached hydrogen (secondary N) is 1. The molecule has 5 nitrogen and oxygen atoms in total. The molecule has 0 aliphatic carbocycles. The average Bonchev–Trinajstić information content (AvgIpc) is 2.64. The van der Waals surface area contributed by atoms with Crippen molar-refractivity contribution in [2.75, 3.05) is 25.1 Å². The maximum atomic E-state index is 12.5. The Bertz CT molecular complexity index is 760. The highest BCUT2D eigenvalue weighted by molar-refractivity contribution is 5.97. The number of carbonyl (C=O) groups excluding carboxylic acids is 1. The number of phenolic OH excluding ortho intramolecular Hbond substituents is 1. The van der Waals surface area contributed by atoms with Crippen LogP contribution < -0.4 is 15.0 Å². The number of phenols is 1.